The number of hydrogen-bond acceptors (Lipinski definition) is 4. The van der Waals surface area contributed by atoms with Crippen LogP contribution < -0.4 is 4.90 Å². The number of nitro groups is 1. The molecule has 1 aromatic heterocycles. The summed E-state index contributed by atoms with van der Waals surface area (Å²) in [6.07, 6.45) is 3.59. The molecule has 0 N–H and O–H groups in total. The number of pyridine rings is 1. The fraction of sp³-hybridized carbons (Fsp3) is 0.267. The molecule has 0 saturated carbocycles. The van der Waals surface area contributed by atoms with Crippen molar-refractivity contribution < 1.29 is 4.92 Å². The Balaban J connectivity index is 2.25. The third-order valence-electron chi connectivity index (χ3n) is 3.37. The van der Waals surface area contributed by atoms with Crippen molar-refractivity contribution >= 4 is 11.4 Å². The van der Waals surface area contributed by atoms with Crippen LogP contribution in [0.25, 0.3) is 0 Å². The second kappa shape index (κ2) is 6.14. The SMILES string of the molecule is CCN(c1ccc([N+](=O)[O-])cc1)C(C)c1cccnc1. The first kappa shape index (κ1) is 14.0. The first-order valence-electron chi connectivity index (χ1n) is 6.54. The van der Waals surface area contributed by atoms with E-state index in [-0.39, 0.29) is 16.7 Å². The van der Waals surface area contributed by atoms with Gasteiger partial charge in [-0.3, -0.25) is 15.1 Å². The normalized spacial score (nSPS) is 11.9. The summed E-state index contributed by atoms with van der Waals surface area (Å²) >= 11 is 0. The van der Waals surface area contributed by atoms with Gasteiger partial charge in [0.1, 0.15) is 0 Å². The van der Waals surface area contributed by atoms with Crippen LogP contribution in [0.3, 0.4) is 0 Å². The van der Waals surface area contributed by atoms with Gasteiger partial charge in [0.25, 0.3) is 5.69 Å². The molecule has 5 nitrogen and oxygen atoms in total. The van der Waals surface area contributed by atoms with Gasteiger partial charge < -0.3 is 4.90 Å². The van der Waals surface area contributed by atoms with Crippen molar-refractivity contribution in [2.75, 3.05) is 11.4 Å². The number of nitrogens with zero attached hydrogens (tertiary/aromatic N) is 3. The number of rotatable bonds is 5. The Kier molecular flexibility index (Phi) is 4.30. The van der Waals surface area contributed by atoms with Crippen molar-refractivity contribution in [2.45, 2.75) is 19.9 Å². The minimum Gasteiger partial charge on any atom is -0.365 e. The van der Waals surface area contributed by atoms with Crippen LogP contribution in [0, 0.1) is 10.1 Å². The molecule has 0 saturated heterocycles. The summed E-state index contributed by atoms with van der Waals surface area (Å²) in [5.41, 5.74) is 2.20. The Morgan fingerprint density at radius 1 is 1.30 bits per heavy atom. The molecular weight excluding hydrogens is 254 g/mol. The number of benzene rings is 1. The van der Waals surface area contributed by atoms with Gasteiger partial charge >= 0.3 is 0 Å². The van der Waals surface area contributed by atoms with Gasteiger partial charge in [0.2, 0.25) is 0 Å². The number of hydrogen-bond donors (Lipinski definition) is 0. The van der Waals surface area contributed by atoms with Crippen LogP contribution in [-0.2, 0) is 0 Å². The second-order valence-electron chi connectivity index (χ2n) is 4.52. The lowest BCUT2D eigenvalue weighted by Gasteiger charge is -2.30. The van der Waals surface area contributed by atoms with E-state index in [0.29, 0.717) is 0 Å². The maximum absolute atomic E-state index is 10.7. The average molecular weight is 271 g/mol. The Morgan fingerprint density at radius 2 is 2.00 bits per heavy atom. The Bertz CT molecular complexity index is 569. The molecule has 2 aromatic rings. The number of nitro benzene ring substituents is 1. The number of non-ortho nitro benzene ring substituents is 1. The summed E-state index contributed by atoms with van der Waals surface area (Å²) < 4.78 is 0. The minimum absolute atomic E-state index is 0.110. The Labute approximate surface area is 118 Å². The van der Waals surface area contributed by atoms with Crippen molar-refractivity contribution in [2.24, 2.45) is 0 Å². The maximum atomic E-state index is 10.7. The molecule has 0 aliphatic heterocycles. The average Bonchev–Trinajstić information content (AvgIpc) is 2.49. The van der Waals surface area contributed by atoms with Gasteiger partial charge in [0.05, 0.1) is 11.0 Å². The minimum atomic E-state index is -0.384. The molecule has 0 aliphatic rings. The van der Waals surface area contributed by atoms with E-state index < -0.39 is 0 Å². The van der Waals surface area contributed by atoms with Gasteiger partial charge in [-0.25, -0.2) is 0 Å². The van der Waals surface area contributed by atoms with E-state index in [9.17, 15) is 10.1 Å². The monoisotopic (exact) mass is 271 g/mol. The summed E-state index contributed by atoms with van der Waals surface area (Å²) in [6, 6.07) is 10.8. The van der Waals surface area contributed by atoms with Crippen LogP contribution in [0.2, 0.25) is 0 Å². The van der Waals surface area contributed by atoms with E-state index >= 15 is 0 Å². The molecule has 0 fully saturated rings. The lowest BCUT2D eigenvalue weighted by Crippen LogP contribution is -2.26. The van der Waals surface area contributed by atoms with Crippen molar-refractivity contribution in [3.63, 3.8) is 0 Å². The second-order valence-corrected chi connectivity index (χ2v) is 4.52. The van der Waals surface area contributed by atoms with Gasteiger partial charge in [-0.2, -0.15) is 0 Å². The molecule has 5 heteroatoms. The quantitative estimate of drug-likeness (QED) is 0.616. The van der Waals surface area contributed by atoms with E-state index in [1.54, 1.807) is 18.3 Å². The third-order valence-corrected chi connectivity index (χ3v) is 3.37. The molecule has 0 amide bonds. The molecule has 0 radical (unpaired) electrons. The van der Waals surface area contributed by atoms with Gasteiger partial charge in [-0.1, -0.05) is 6.07 Å². The Hall–Kier alpha value is -2.43. The molecule has 2 rings (SSSR count). The highest BCUT2D eigenvalue weighted by Gasteiger charge is 2.16. The van der Waals surface area contributed by atoms with Crippen molar-refractivity contribution in [1.82, 2.24) is 4.98 Å². The first-order valence-corrected chi connectivity index (χ1v) is 6.54. The molecule has 104 valence electrons. The van der Waals surface area contributed by atoms with Crippen molar-refractivity contribution in [3.05, 3.63) is 64.5 Å². The van der Waals surface area contributed by atoms with Gasteiger partial charge in [0, 0.05) is 36.8 Å². The number of anilines is 1. The van der Waals surface area contributed by atoms with E-state index in [0.717, 1.165) is 17.8 Å². The lowest BCUT2D eigenvalue weighted by molar-refractivity contribution is -0.384. The predicted octanol–water partition coefficient (Wildman–Crippen LogP) is 3.58. The fourth-order valence-electron chi connectivity index (χ4n) is 2.25. The molecule has 0 bridgehead atoms. The molecule has 1 aromatic carbocycles. The molecular formula is C15H17N3O2. The highest BCUT2D eigenvalue weighted by Crippen LogP contribution is 2.27. The first-order chi connectivity index (χ1) is 9.63. The zero-order valence-electron chi connectivity index (χ0n) is 11.6. The van der Waals surface area contributed by atoms with Crippen LogP contribution in [0.1, 0.15) is 25.5 Å². The maximum Gasteiger partial charge on any atom is 0.269 e. The van der Waals surface area contributed by atoms with E-state index in [1.165, 1.54) is 12.1 Å². The summed E-state index contributed by atoms with van der Waals surface area (Å²) in [5.74, 6) is 0. The van der Waals surface area contributed by atoms with Crippen molar-refractivity contribution in [1.29, 1.82) is 0 Å². The predicted molar refractivity (Wildman–Crippen MR) is 78.8 cm³/mol. The molecule has 1 heterocycles. The summed E-state index contributed by atoms with van der Waals surface area (Å²) in [5, 5.41) is 10.7. The summed E-state index contributed by atoms with van der Waals surface area (Å²) in [4.78, 5) is 16.6. The fourth-order valence-corrected chi connectivity index (χ4v) is 2.25. The largest absolute Gasteiger partial charge is 0.365 e. The Morgan fingerprint density at radius 3 is 2.50 bits per heavy atom. The molecule has 1 atom stereocenters. The van der Waals surface area contributed by atoms with E-state index in [2.05, 4.69) is 23.7 Å². The van der Waals surface area contributed by atoms with Gasteiger partial charge in [0.15, 0.2) is 0 Å². The zero-order valence-corrected chi connectivity index (χ0v) is 11.6. The summed E-state index contributed by atoms with van der Waals surface area (Å²) in [7, 11) is 0. The zero-order chi connectivity index (χ0) is 14.5. The van der Waals surface area contributed by atoms with Crippen LogP contribution in [0.15, 0.2) is 48.8 Å². The topological polar surface area (TPSA) is 59.3 Å². The third kappa shape index (κ3) is 2.93. The smallest absolute Gasteiger partial charge is 0.269 e. The number of aromatic nitrogens is 1. The van der Waals surface area contributed by atoms with Crippen LogP contribution >= 0.6 is 0 Å². The summed E-state index contributed by atoms with van der Waals surface area (Å²) in [6.45, 7) is 4.98. The van der Waals surface area contributed by atoms with Crippen LogP contribution in [0.4, 0.5) is 11.4 Å². The highest BCUT2D eigenvalue weighted by atomic mass is 16.6. The molecule has 1 unspecified atom stereocenters. The van der Waals surface area contributed by atoms with Crippen LogP contribution in [-0.4, -0.2) is 16.5 Å². The van der Waals surface area contributed by atoms with Gasteiger partial charge in [-0.05, 0) is 37.6 Å². The molecule has 20 heavy (non-hydrogen) atoms. The van der Waals surface area contributed by atoms with Gasteiger partial charge in [-0.15, -0.1) is 0 Å². The standard InChI is InChI=1S/C15H17N3O2/c1-3-17(12(2)13-5-4-10-16-11-13)14-6-8-15(9-7-14)18(19)20/h4-12H,3H2,1-2H3. The van der Waals surface area contributed by atoms with Crippen LogP contribution in [0.5, 0.6) is 0 Å². The molecule has 0 aliphatic carbocycles. The van der Waals surface area contributed by atoms with Crippen molar-refractivity contribution in [3.8, 4) is 0 Å². The molecule has 0 spiro atoms. The van der Waals surface area contributed by atoms with E-state index in [4.69, 9.17) is 0 Å². The van der Waals surface area contributed by atoms with E-state index in [1.807, 2.05) is 18.3 Å². The highest BCUT2D eigenvalue weighted by molar-refractivity contribution is 5.52. The lowest BCUT2D eigenvalue weighted by atomic mass is 10.1.